The van der Waals surface area contributed by atoms with Gasteiger partial charge in [-0.3, -0.25) is 4.79 Å². The molecule has 0 radical (unpaired) electrons. The van der Waals surface area contributed by atoms with Crippen molar-refractivity contribution in [2.75, 3.05) is 13.7 Å². The van der Waals surface area contributed by atoms with E-state index in [0.717, 1.165) is 25.7 Å². The van der Waals surface area contributed by atoms with Crippen LogP contribution in [0.3, 0.4) is 0 Å². The quantitative estimate of drug-likeness (QED) is 0.768. The molecule has 0 amide bonds. The highest BCUT2D eigenvalue weighted by Gasteiger charge is 2.32. The molecule has 1 aromatic carbocycles. The molecular weight excluding hydrogens is 247 g/mol. The monoisotopic (exact) mass is 266 g/mol. The lowest BCUT2D eigenvalue weighted by Crippen LogP contribution is -2.29. The van der Waals surface area contributed by atoms with Gasteiger partial charge in [0, 0.05) is 6.07 Å². The van der Waals surface area contributed by atoms with Gasteiger partial charge in [0.15, 0.2) is 0 Å². The first-order valence-electron chi connectivity index (χ1n) is 6.67. The highest BCUT2D eigenvalue weighted by molar-refractivity contribution is 5.72. The average Bonchev–Trinajstić information content (AvgIpc) is 2.92. The van der Waals surface area contributed by atoms with Gasteiger partial charge in [0.05, 0.1) is 13.0 Å². The Morgan fingerprint density at radius 1 is 1.42 bits per heavy atom. The highest BCUT2D eigenvalue weighted by atomic mass is 19.1. The van der Waals surface area contributed by atoms with Gasteiger partial charge in [0.2, 0.25) is 0 Å². The minimum absolute atomic E-state index is 0.233. The number of methoxy groups -OCH3 is 1. The van der Waals surface area contributed by atoms with Crippen LogP contribution in [0, 0.1) is 17.7 Å². The molecule has 1 fully saturated rings. The fraction of sp³-hybridized carbons (Fsp3) is 0.533. The van der Waals surface area contributed by atoms with Crippen LogP contribution >= 0.6 is 0 Å². The molecule has 0 saturated heterocycles. The SMILES string of the molecule is COC(=O)C(COc1cccc(F)c1)C1CCCC1. The molecule has 19 heavy (non-hydrogen) atoms. The maximum atomic E-state index is 13.0. The van der Waals surface area contributed by atoms with Crippen molar-refractivity contribution in [3.63, 3.8) is 0 Å². The van der Waals surface area contributed by atoms with Gasteiger partial charge in [0.25, 0.3) is 0 Å². The zero-order valence-corrected chi connectivity index (χ0v) is 11.1. The maximum absolute atomic E-state index is 13.0. The van der Waals surface area contributed by atoms with E-state index < -0.39 is 0 Å². The third-order valence-electron chi connectivity index (χ3n) is 3.70. The standard InChI is InChI=1S/C15H19FO3/c1-18-15(17)14(11-5-2-3-6-11)10-19-13-8-4-7-12(16)9-13/h4,7-9,11,14H,2-3,5-6,10H2,1H3. The Balaban J connectivity index is 1.97. The summed E-state index contributed by atoms with van der Waals surface area (Å²) in [6, 6.07) is 5.96. The van der Waals surface area contributed by atoms with Crippen molar-refractivity contribution in [2.45, 2.75) is 25.7 Å². The number of ether oxygens (including phenoxy) is 2. The number of esters is 1. The average molecular weight is 266 g/mol. The molecule has 0 aliphatic heterocycles. The lowest BCUT2D eigenvalue weighted by atomic mass is 9.91. The molecule has 4 heteroatoms. The maximum Gasteiger partial charge on any atom is 0.312 e. The van der Waals surface area contributed by atoms with Crippen molar-refractivity contribution < 1.29 is 18.7 Å². The summed E-state index contributed by atoms with van der Waals surface area (Å²) >= 11 is 0. The van der Waals surface area contributed by atoms with E-state index in [1.807, 2.05) is 0 Å². The van der Waals surface area contributed by atoms with Crippen molar-refractivity contribution in [1.29, 1.82) is 0 Å². The van der Waals surface area contributed by atoms with Crippen LogP contribution in [0.15, 0.2) is 24.3 Å². The first kappa shape index (κ1) is 13.8. The number of rotatable bonds is 5. The minimum atomic E-state index is -0.340. The molecule has 0 bridgehead atoms. The van der Waals surface area contributed by atoms with Crippen molar-refractivity contribution in [1.82, 2.24) is 0 Å². The molecule has 2 rings (SSSR count). The molecule has 1 atom stereocenters. The van der Waals surface area contributed by atoms with Crippen LogP contribution in [-0.2, 0) is 9.53 Å². The number of halogens is 1. The van der Waals surface area contributed by atoms with E-state index >= 15 is 0 Å². The predicted molar refractivity (Wildman–Crippen MR) is 69.4 cm³/mol. The molecule has 1 aliphatic carbocycles. The summed E-state index contributed by atoms with van der Waals surface area (Å²) in [5.74, 6) is -0.0556. The van der Waals surface area contributed by atoms with Crippen LogP contribution in [0.5, 0.6) is 5.75 Å². The van der Waals surface area contributed by atoms with Crippen LogP contribution in [-0.4, -0.2) is 19.7 Å². The molecule has 1 aromatic rings. The lowest BCUT2D eigenvalue weighted by molar-refractivity contribution is -0.148. The Kier molecular flexibility index (Phi) is 4.77. The molecule has 1 aliphatic rings. The van der Waals surface area contributed by atoms with Crippen LogP contribution < -0.4 is 4.74 Å². The Bertz CT molecular complexity index is 427. The third kappa shape index (κ3) is 3.69. The summed E-state index contributed by atoms with van der Waals surface area (Å²) in [6.07, 6.45) is 4.37. The molecule has 0 heterocycles. The van der Waals surface area contributed by atoms with E-state index in [2.05, 4.69) is 0 Å². The second kappa shape index (κ2) is 6.55. The van der Waals surface area contributed by atoms with E-state index in [0.29, 0.717) is 11.7 Å². The molecular formula is C15H19FO3. The number of carbonyl (C=O) groups is 1. The fourth-order valence-corrected chi connectivity index (χ4v) is 2.65. The summed E-state index contributed by atoms with van der Waals surface area (Å²) in [6.45, 7) is 0.251. The van der Waals surface area contributed by atoms with Gasteiger partial charge >= 0.3 is 5.97 Å². The Morgan fingerprint density at radius 3 is 2.79 bits per heavy atom. The summed E-state index contributed by atoms with van der Waals surface area (Å²) < 4.78 is 23.4. The Labute approximate surface area is 112 Å². The van der Waals surface area contributed by atoms with Gasteiger partial charge in [-0.05, 0) is 30.9 Å². The number of carbonyl (C=O) groups excluding carboxylic acids is 1. The first-order chi connectivity index (χ1) is 9.20. The second-order valence-corrected chi connectivity index (χ2v) is 4.94. The van der Waals surface area contributed by atoms with Gasteiger partial charge in [-0.25, -0.2) is 4.39 Å². The Morgan fingerprint density at radius 2 is 2.16 bits per heavy atom. The predicted octanol–water partition coefficient (Wildman–Crippen LogP) is 3.18. The van der Waals surface area contributed by atoms with Crippen molar-refractivity contribution in [3.8, 4) is 5.75 Å². The number of benzene rings is 1. The van der Waals surface area contributed by atoms with Gasteiger partial charge in [0.1, 0.15) is 18.2 Å². The molecule has 3 nitrogen and oxygen atoms in total. The lowest BCUT2D eigenvalue weighted by Gasteiger charge is -2.21. The smallest absolute Gasteiger partial charge is 0.312 e. The third-order valence-corrected chi connectivity index (χ3v) is 3.70. The van der Waals surface area contributed by atoms with E-state index in [1.165, 1.54) is 19.2 Å². The molecule has 0 spiro atoms. The summed E-state index contributed by atoms with van der Waals surface area (Å²) in [5.41, 5.74) is 0. The minimum Gasteiger partial charge on any atom is -0.493 e. The summed E-state index contributed by atoms with van der Waals surface area (Å²) in [5, 5.41) is 0. The highest BCUT2D eigenvalue weighted by Crippen LogP contribution is 2.32. The van der Waals surface area contributed by atoms with Crippen LogP contribution in [0.25, 0.3) is 0 Å². The summed E-state index contributed by atoms with van der Waals surface area (Å²) in [7, 11) is 1.40. The molecule has 1 unspecified atom stereocenters. The van der Waals surface area contributed by atoms with Gasteiger partial charge < -0.3 is 9.47 Å². The fourth-order valence-electron chi connectivity index (χ4n) is 2.65. The van der Waals surface area contributed by atoms with Gasteiger partial charge in [-0.15, -0.1) is 0 Å². The van der Waals surface area contributed by atoms with E-state index in [9.17, 15) is 9.18 Å². The van der Waals surface area contributed by atoms with E-state index in [1.54, 1.807) is 12.1 Å². The van der Waals surface area contributed by atoms with Gasteiger partial charge in [-0.1, -0.05) is 18.9 Å². The van der Waals surface area contributed by atoms with Crippen LogP contribution in [0.4, 0.5) is 4.39 Å². The van der Waals surface area contributed by atoms with E-state index in [4.69, 9.17) is 9.47 Å². The van der Waals surface area contributed by atoms with E-state index in [-0.39, 0.29) is 24.3 Å². The molecule has 0 aromatic heterocycles. The largest absolute Gasteiger partial charge is 0.493 e. The van der Waals surface area contributed by atoms with Crippen LogP contribution in [0.2, 0.25) is 0 Å². The number of hydrogen-bond donors (Lipinski definition) is 0. The Hall–Kier alpha value is -1.58. The zero-order chi connectivity index (χ0) is 13.7. The summed E-state index contributed by atoms with van der Waals surface area (Å²) in [4.78, 5) is 11.8. The van der Waals surface area contributed by atoms with Crippen molar-refractivity contribution in [2.24, 2.45) is 11.8 Å². The number of hydrogen-bond acceptors (Lipinski definition) is 3. The van der Waals surface area contributed by atoms with Gasteiger partial charge in [-0.2, -0.15) is 0 Å². The van der Waals surface area contributed by atoms with Crippen LogP contribution in [0.1, 0.15) is 25.7 Å². The second-order valence-electron chi connectivity index (χ2n) is 4.94. The van der Waals surface area contributed by atoms with Crippen molar-refractivity contribution >= 4 is 5.97 Å². The zero-order valence-electron chi connectivity index (χ0n) is 11.1. The molecule has 1 saturated carbocycles. The van der Waals surface area contributed by atoms with Crippen molar-refractivity contribution in [3.05, 3.63) is 30.1 Å². The molecule has 104 valence electrons. The normalized spacial score (nSPS) is 17.2. The topological polar surface area (TPSA) is 35.5 Å². The molecule has 0 N–H and O–H groups in total. The first-order valence-corrected chi connectivity index (χ1v) is 6.67.